The fourth-order valence-electron chi connectivity index (χ4n) is 8.95. The lowest BCUT2D eigenvalue weighted by Gasteiger charge is -2.34. The fraction of sp³-hybridized carbons (Fsp3) is 0.0400. The molecule has 0 radical (unpaired) electrons. The van der Waals surface area contributed by atoms with E-state index in [1.807, 2.05) is 11.8 Å². The Balaban J connectivity index is 1.14. The number of benzene rings is 9. The maximum absolute atomic E-state index is 3.81. The van der Waals surface area contributed by atoms with Crippen LogP contribution in [0.2, 0.25) is 0 Å². The Morgan fingerprint density at radius 3 is 1.77 bits per heavy atom. The number of rotatable bonds is 4. The molecule has 1 aliphatic heterocycles. The van der Waals surface area contributed by atoms with E-state index in [1.165, 1.54) is 93.0 Å². The largest absolute Gasteiger partial charge is 0.368 e. The molecule has 9 aromatic rings. The first-order valence-electron chi connectivity index (χ1n) is 18.0. The molecule has 0 saturated heterocycles. The Kier molecular flexibility index (Phi) is 6.53. The molecule has 11 rings (SSSR count). The van der Waals surface area contributed by atoms with Gasteiger partial charge in [0.25, 0.3) is 0 Å². The zero-order valence-electron chi connectivity index (χ0n) is 28.4. The standard InChI is InChI=1S/C50H33NS/c1-4-12-34(13-5-1)49-51-46-27-25-33-22-20-32-21-23-37(28-42(32)47(33)48(46)52-49)38-24-26-41-43-29-35-14-10-11-15-36(35)30-45(43)50(44(41)31-38,39-16-6-2-7-17-39)40-18-8-3-9-19-40/h1-31,49,51H. The van der Waals surface area contributed by atoms with Crippen molar-refractivity contribution < 1.29 is 0 Å². The smallest absolute Gasteiger partial charge is 0.103 e. The quantitative estimate of drug-likeness (QED) is 0.186. The van der Waals surface area contributed by atoms with Crippen molar-refractivity contribution >= 4 is 49.8 Å². The lowest BCUT2D eigenvalue weighted by Crippen LogP contribution is -2.28. The minimum Gasteiger partial charge on any atom is -0.368 e. The molecule has 0 amide bonds. The third-order valence-electron chi connectivity index (χ3n) is 11.3. The normalized spacial score (nSPS) is 15.3. The van der Waals surface area contributed by atoms with Crippen LogP contribution >= 0.6 is 11.8 Å². The van der Waals surface area contributed by atoms with Gasteiger partial charge in [-0.1, -0.05) is 169 Å². The summed E-state index contributed by atoms with van der Waals surface area (Å²) >= 11 is 1.93. The number of nitrogens with one attached hydrogen (secondary N) is 1. The third kappa shape index (κ3) is 4.31. The second-order valence-corrected chi connectivity index (χ2v) is 15.2. The first kappa shape index (κ1) is 29.6. The molecular formula is C50H33NS. The lowest BCUT2D eigenvalue weighted by atomic mass is 9.67. The lowest BCUT2D eigenvalue weighted by molar-refractivity contribution is 0.770. The second-order valence-electron chi connectivity index (χ2n) is 14.1. The van der Waals surface area contributed by atoms with Gasteiger partial charge in [-0.2, -0.15) is 0 Å². The van der Waals surface area contributed by atoms with Crippen LogP contribution in [0.5, 0.6) is 0 Å². The molecule has 244 valence electrons. The Hall–Kier alpha value is -6.09. The van der Waals surface area contributed by atoms with Crippen LogP contribution in [0.1, 0.15) is 33.2 Å². The molecule has 0 bridgehead atoms. The number of hydrogen-bond acceptors (Lipinski definition) is 2. The number of hydrogen-bond donors (Lipinski definition) is 1. The maximum Gasteiger partial charge on any atom is 0.103 e. The van der Waals surface area contributed by atoms with Gasteiger partial charge in [0.1, 0.15) is 5.37 Å². The van der Waals surface area contributed by atoms with Gasteiger partial charge in [0.15, 0.2) is 0 Å². The van der Waals surface area contributed by atoms with Crippen LogP contribution in [0, 0.1) is 0 Å². The van der Waals surface area contributed by atoms with E-state index in [0.717, 1.165) is 0 Å². The van der Waals surface area contributed by atoms with Crippen molar-refractivity contribution in [2.75, 3.05) is 5.32 Å². The van der Waals surface area contributed by atoms with E-state index in [1.54, 1.807) is 0 Å². The number of anilines is 1. The molecule has 1 unspecified atom stereocenters. The van der Waals surface area contributed by atoms with Gasteiger partial charge in [0.2, 0.25) is 0 Å². The highest BCUT2D eigenvalue weighted by Crippen LogP contribution is 2.58. The highest BCUT2D eigenvalue weighted by atomic mass is 32.2. The van der Waals surface area contributed by atoms with E-state index in [2.05, 4.69) is 193 Å². The molecule has 9 aromatic carbocycles. The van der Waals surface area contributed by atoms with Crippen molar-refractivity contribution in [1.82, 2.24) is 0 Å². The Morgan fingerprint density at radius 2 is 1.02 bits per heavy atom. The highest BCUT2D eigenvalue weighted by molar-refractivity contribution is 8.00. The van der Waals surface area contributed by atoms with Crippen molar-refractivity contribution in [2.24, 2.45) is 0 Å². The number of thioether (sulfide) groups is 1. The molecule has 1 aliphatic carbocycles. The average Bonchev–Trinajstić information content (AvgIpc) is 3.78. The molecule has 52 heavy (non-hydrogen) atoms. The van der Waals surface area contributed by atoms with Crippen LogP contribution < -0.4 is 5.32 Å². The monoisotopic (exact) mass is 679 g/mol. The molecule has 1 atom stereocenters. The number of fused-ring (bicyclic) bond motifs is 9. The van der Waals surface area contributed by atoms with Crippen molar-refractivity contribution in [1.29, 1.82) is 0 Å². The van der Waals surface area contributed by atoms with Crippen LogP contribution in [0.3, 0.4) is 0 Å². The predicted octanol–water partition coefficient (Wildman–Crippen LogP) is 13.4. The third-order valence-corrected chi connectivity index (χ3v) is 12.6. The van der Waals surface area contributed by atoms with Gasteiger partial charge in [-0.15, -0.1) is 0 Å². The van der Waals surface area contributed by atoms with E-state index in [0.29, 0.717) is 0 Å². The van der Waals surface area contributed by atoms with E-state index in [4.69, 9.17) is 0 Å². The van der Waals surface area contributed by atoms with Crippen LogP contribution in [0.25, 0.3) is 54.6 Å². The minimum absolute atomic E-state index is 0.194. The van der Waals surface area contributed by atoms with Crippen molar-refractivity contribution in [3.8, 4) is 22.3 Å². The zero-order valence-corrected chi connectivity index (χ0v) is 29.2. The minimum atomic E-state index is -0.466. The van der Waals surface area contributed by atoms with Gasteiger partial charge in [-0.25, -0.2) is 0 Å². The summed E-state index contributed by atoms with van der Waals surface area (Å²) in [7, 11) is 0. The summed E-state index contributed by atoms with van der Waals surface area (Å²) in [6.07, 6.45) is 0. The summed E-state index contributed by atoms with van der Waals surface area (Å²) in [6.45, 7) is 0. The topological polar surface area (TPSA) is 12.0 Å². The van der Waals surface area contributed by atoms with E-state index < -0.39 is 5.41 Å². The van der Waals surface area contributed by atoms with Crippen LogP contribution in [-0.4, -0.2) is 0 Å². The van der Waals surface area contributed by atoms with Gasteiger partial charge in [-0.3, -0.25) is 0 Å². The maximum atomic E-state index is 3.81. The van der Waals surface area contributed by atoms with Gasteiger partial charge in [0, 0.05) is 16.0 Å². The summed E-state index contributed by atoms with van der Waals surface area (Å²) in [5.74, 6) is 0. The predicted molar refractivity (Wildman–Crippen MR) is 220 cm³/mol. The van der Waals surface area contributed by atoms with Crippen molar-refractivity contribution in [2.45, 2.75) is 15.7 Å². The van der Waals surface area contributed by atoms with Crippen LogP contribution in [0.15, 0.2) is 193 Å². The Bertz CT molecular complexity index is 2800. The second kappa shape index (κ2) is 11.5. The van der Waals surface area contributed by atoms with Crippen molar-refractivity contribution in [3.05, 3.63) is 216 Å². The highest BCUT2D eigenvalue weighted by Gasteiger charge is 2.46. The van der Waals surface area contributed by atoms with Crippen molar-refractivity contribution in [3.63, 3.8) is 0 Å². The molecular weight excluding hydrogens is 647 g/mol. The molecule has 0 spiro atoms. The Labute approximate surface area is 307 Å². The molecule has 1 N–H and O–H groups in total. The molecule has 0 saturated carbocycles. The first-order chi connectivity index (χ1) is 25.8. The summed E-state index contributed by atoms with van der Waals surface area (Å²) in [4.78, 5) is 1.33. The summed E-state index contributed by atoms with van der Waals surface area (Å²) in [5.41, 5.74) is 12.3. The SMILES string of the molecule is c1ccc(C2Nc3ccc4ccc5ccc(-c6ccc7c(c6)C(c6ccccc6)(c6ccccc6)c6cc8ccccc8cc6-7)cc5c4c3S2)cc1. The molecule has 1 nitrogen and oxygen atoms in total. The fourth-order valence-corrected chi connectivity index (χ4v) is 10.3. The van der Waals surface area contributed by atoms with Gasteiger partial charge in [0.05, 0.1) is 5.41 Å². The van der Waals surface area contributed by atoms with Gasteiger partial charge < -0.3 is 5.32 Å². The van der Waals surface area contributed by atoms with Crippen LogP contribution in [0.4, 0.5) is 5.69 Å². The van der Waals surface area contributed by atoms with Gasteiger partial charge in [-0.05, 0) is 107 Å². The van der Waals surface area contributed by atoms with Gasteiger partial charge >= 0.3 is 0 Å². The Morgan fingerprint density at radius 1 is 0.442 bits per heavy atom. The summed E-state index contributed by atoms with van der Waals surface area (Å²) < 4.78 is 0. The zero-order chi connectivity index (χ0) is 34.2. The summed E-state index contributed by atoms with van der Waals surface area (Å²) in [5, 5.41) is 11.7. The first-order valence-corrected chi connectivity index (χ1v) is 18.9. The van der Waals surface area contributed by atoms with E-state index in [-0.39, 0.29) is 5.37 Å². The van der Waals surface area contributed by atoms with E-state index >= 15 is 0 Å². The average molecular weight is 680 g/mol. The van der Waals surface area contributed by atoms with E-state index in [9.17, 15) is 0 Å². The van der Waals surface area contributed by atoms with Crippen LogP contribution in [-0.2, 0) is 5.41 Å². The molecule has 0 fully saturated rings. The molecule has 0 aromatic heterocycles. The molecule has 2 heteroatoms. The molecule has 1 heterocycles. The summed E-state index contributed by atoms with van der Waals surface area (Å²) in [6, 6.07) is 70.0. The molecule has 2 aliphatic rings.